The molecular weight excluding hydrogens is 389 g/mol. The van der Waals surface area contributed by atoms with Crippen LogP contribution in [0.25, 0.3) is 0 Å². The van der Waals surface area contributed by atoms with Gasteiger partial charge in [0.15, 0.2) is 0 Å². The zero-order chi connectivity index (χ0) is 20.9. The molecule has 156 valence electrons. The third-order valence-corrected chi connectivity index (χ3v) is 4.49. The Labute approximate surface area is 165 Å². The van der Waals surface area contributed by atoms with Crippen molar-refractivity contribution >= 4 is 11.7 Å². The summed E-state index contributed by atoms with van der Waals surface area (Å²) in [6, 6.07) is 11.1. The van der Waals surface area contributed by atoms with Gasteiger partial charge in [0.25, 0.3) is 0 Å². The Balaban J connectivity index is 1.41. The van der Waals surface area contributed by atoms with E-state index in [-0.39, 0.29) is 23.6 Å². The zero-order valence-corrected chi connectivity index (χ0v) is 15.4. The van der Waals surface area contributed by atoms with E-state index in [1.165, 1.54) is 12.1 Å². The number of hydrogen-bond donors (Lipinski definition) is 3. The maximum absolute atomic E-state index is 12.2. The van der Waals surface area contributed by atoms with Crippen LogP contribution in [0.4, 0.5) is 23.7 Å². The van der Waals surface area contributed by atoms with Crippen molar-refractivity contribution in [2.24, 2.45) is 0 Å². The highest BCUT2D eigenvalue weighted by molar-refractivity contribution is 5.89. The highest BCUT2D eigenvalue weighted by Gasteiger charge is 2.31. The van der Waals surface area contributed by atoms with Crippen LogP contribution in [0.2, 0.25) is 0 Å². The summed E-state index contributed by atoms with van der Waals surface area (Å²) in [7, 11) is 0. The predicted molar refractivity (Wildman–Crippen MR) is 100 cm³/mol. The van der Waals surface area contributed by atoms with E-state index in [1.54, 1.807) is 24.3 Å². The molecule has 29 heavy (non-hydrogen) atoms. The SMILES string of the molecule is O=C(Nc1ccc(OC(F)(F)F)cc1)N[C@H]1CC[C@H](Oc2ccc(O)cc2)CC1. The number of phenols is 1. The van der Waals surface area contributed by atoms with Crippen LogP contribution < -0.4 is 20.1 Å². The highest BCUT2D eigenvalue weighted by Crippen LogP contribution is 2.26. The van der Waals surface area contributed by atoms with E-state index < -0.39 is 12.4 Å². The Morgan fingerprint density at radius 2 is 1.52 bits per heavy atom. The quantitative estimate of drug-likeness (QED) is 0.661. The van der Waals surface area contributed by atoms with Crippen LogP contribution >= 0.6 is 0 Å². The van der Waals surface area contributed by atoms with Crippen molar-refractivity contribution < 1.29 is 32.5 Å². The van der Waals surface area contributed by atoms with Crippen molar-refractivity contribution in [1.29, 1.82) is 0 Å². The molecular formula is C20H21F3N2O4. The average molecular weight is 410 g/mol. The Bertz CT molecular complexity index is 802. The molecule has 1 saturated carbocycles. The summed E-state index contributed by atoms with van der Waals surface area (Å²) >= 11 is 0. The maximum Gasteiger partial charge on any atom is 0.573 e. The molecule has 0 atom stereocenters. The van der Waals surface area contributed by atoms with Gasteiger partial charge < -0.3 is 25.2 Å². The number of halogens is 3. The fraction of sp³-hybridized carbons (Fsp3) is 0.350. The number of carbonyl (C=O) groups excluding carboxylic acids is 1. The number of aromatic hydroxyl groups is 1. The molecule has 1 fully saturated rings. The van der Waals surface area contributed by atoms with Crippen LogP contribution in [0.15, 0.2) is 48.5 Å². The van der Waals surface area contributed by atoms with E-state index >= 15 is 0 Å². The van der Waals surface area contributed by atoms with Crippen molar-refractivity contribution in [1.82, 2.24) is 5.32 Å². The molecule has 0 unspecified atom stereocenters. The molecule has 3 rings (SSSR count). The van der Waals surface area contributed by atoms with Gasteiger partial charge in [0.05, 0.1) is 6.10 Å². The lowest BCUT2D eigenvalue weighted by atomic mass is 9.93. The third kappa shape index (κ3) is 6.78. The first-order valence-corrected chi connectivity index (χ1v) is 9.16. The van der Waals surface area contributed by atoms with Gasteiger partial charge in [0, 0.05) is 11.7 Å². The summed E-state index contributed by atoms with van der Waals surface area (Å²) in [6.45, 7) is 0. The Morgan fingerprint density at radius 1 is 0.931 bits per heavy atom. The lowest BCUT2D eigenvalue weighted by molar-refractivity contribution is -0.274. The van der Waals surface area contributed by atoms with Gasteiger partial charge in [-0.25, -0.2) is 4.79 Å². The molecule has 0 bridgehead atoms. The molecule has 0 aliphatic heterocycles. The molecule has 1 aliphatic rings. The summed E-state index contributed by atoms with van der Waals surface area (Å²) in [4.78, 5) is 12.1. The number of hydrogen-bond acceptors (Lipinski definition) is 4. The molecule has 6 nitrogen and oxygen atoms in total. The first-order chi connectivity index (χ1) is 13.8. The number of alkyl halides is 3. The van der Waals surface area contributed by atoms with Gasteiger partial charge in [0.1, 0.15) is 17.2 Å². The molecule has 3 N–H and O–H groups in total. The molecule has 0 spiro atoms. The summed E-state index contributed by atoms with van der Waals surface area (Å²) in [5.74, 6) is 0.518. The minimum atomic E-state index is -4.75. The average Bonchev–Trinajstić information content (AvgIpc) is 2.66. The van der Waals surface area contributed by atoms with Gasteiger partial charge in [-0.3, -0.25) is 0 Å². The zero-order valence-electron chi connectivity index (χ0n) is 15.4. The van der Waals surface area contributed by atoms with Crippen LogP contribution in [0.3, 0.4) is 0 Å². The van der Waals surface area contributed by atoms with Crippen LogP contribution in [0, 0.1) is 0 Å². The number of phenolic OH excluding ortho intramolecular Hbond substituents is 1. The van der Waals surface area contributed by atoms with Gasteiger partial charge >= 0.3 is 12.4 Å². The molecule has 2 amide bonds. The fourth-order valence-electron chi connectivity index (χ4n) is 3.13. The van der Waals surface area contributed by atoms with E-state index in [2.05, 4.69) is 15.4 Å². The van der Waals surface area contributed by atoms with E-state index in [4.69, 9.17) is 4.74 Å². The van der Waals surface area contributed by atoms with Crippen LogP contribution in [0.1, 0.15) is 25.7 Å². The number of nitrogens with one attached hydrogen (secondary N) is 2. The van der Waals surface area contributed by atoms with Gasteiger partial charge in [-0.05, 0) is 74.2 Å². The van der Waals surface area contributed by atoms with Crippen LogP contribution in [-0.2, 0) is 0 Å². The molecule has 9 heteroatoms. The minimum Gasteiger partial charge on any atom is -0.508 e. The second-order valence-electron chi connectivity index (χ2n) is 6.76. The maximum atomic E-state index is 12.2. The van der Waals surface area contributed by atoms with E-state index in [0.717, 1.165) is 37.8 Å². The predicted octanol–water partition coefficient (Wildman–Crippen LogP) is 4.80. The van der Waals surface area contributed by atoms with Gasteiger partial charge in [0.2, 0.25) is 0 Å². The number of rotatable bonds is 5. The van der Waals surface area contributed by atoms with Crippen molar-refractivity contribution in [3.8, 4) is 17.2 Å². The second kappa shape index (κ2) is 8.93. The van der Waals surface area contributed by atoms with Crippen LogP contribution in [0.5, 0.6) is 17.2 Å². The molecule has 2 aromatic carbocycles. The Hall–Kier alpha value is -3.10. The number of amides is 2. The largest absolute Gasteiger partial charge is 0.573 e. The topological polar surface area (TPSA) is 79.8 Å². The number of benzene rings is 2. The number of urea groups is 1. The standard InChI is InChI=1S/C20H21F3N2O4/c21-20(22,23)29-18-9-3-14(4-10-18)25-19(27)24-13-1-7-16(8-2-13)28-17-11-5-15(26)6-12-17/h3-6,9-13,16,26H,1-2,7-8H2,(H2,24,25,27)/t13-,16-. The smallest absolute Gasteiger partial charge is 0.508 e. The normalized spacial score (nSPS) is 19.3. The third-order valence-electron chi connectivity index (χ3n) is 4.49. The summed E-state index contributed by atoms with van der Waals surface area (Å²) in [5.41, 5.74) is 0.362. The Morgan fingerprint density at radius 3 is 2.10 bits per heavy atom. The monoisotopic (exact) mass is 410 g/mol. The molecule has 1 aliphatic carbocycles. The van der Waals surface area contributed by atoms with Crippen LogP contribution in [-0.4, -0.2) is 29.6 Å². The molecule has 0 heterocycles. The van der Waals surface area contributed by atoms with Crippen molar-refractivity contribution in [2.45, 2.75) is 44.2 Å². The van der Waals surface area contributed by atoms with Crippen molar-refractivity contribution in [2.75, 3.05) is 5.32 Å². The van der Waals surface area contributed by atoms with Gasteiger partial charge in [-0.2, -0.15) is 0 Å². The van der Waals surface area contributed by atoms with Gasteiger partial charge in [-0.1, -0.05) is 0 Å². The van der Waals surface area contributed by atoms with Crippen molar-refractivity contribution in [3.63, 3.8) is 0 Å². The molecule has 2 aromatic rings. The summed E-state index contributed by atoms with van der Waals surface area (Å²) in [5, 5.41) is 14.7. The summed E-state index contributed by atoms with van der Waals surface area (Å²) < 4.78 is 46.1. The molecule has 0 saturated heterocycles. The van der Waals surface area contributed by atoms with Gasteiger partial charge in [-0.15, -0.1) is 13.2 Å². The lowest BCUT2D eigenvalue weighted by Gasteiger charge is -2.29. The van der Waals surface area contributed by atoms with E-state index in [1.807, 2.05) is 0 Å². The summed E-state index contributed by atoms with van der Waals surface area (Å²) in [6.07, 6.45) is -1.67. The first kappa shape index (κ1) is 20.6. The Kier molecular flexibility index (Phi) is 6.36. The molecule has 0 radical (unpaired) electrons. The number of anilines is 1. The minimum absolute atomic E-state index is 0.0116. The van der Waals surface area contributed by atoms with E-state index in [0.29, 0.717) is 11.4 Å². The second-order valence-corrected chi connectivity index (χ2v) is 6.76. The van der Waals surface area contributed by atoms with E-state index in [9.17, 15) is 23.1 Å². The number of carbonyl (C=O) groups is 1. The first-order valence-electron chi connectivity index (χ1n) is 9.16. The lowest BCUT2D eigenvalue weighted by Crippen LogP contribution is -2.41. The fourth-order valence-corrected chi connectivity index (χ4v) is 3.13. The molecule has 0 aromatic heterocycles. The van der Waals surface area contributed by atoms with Crippen molar-refractivity contribution in [3.05, 3.63) is 48.5 Å². The highest BCUT2D eigenvalue weighted by atomic mass is 19.4. The number of ether oxygens (including phenoxy) is 2.